The minimum Gasteiger partial charge on any atom is -0.504 e. The highest BCUT2D eigenvalue weighted by atomic mass is 16.6. The number of hydrogen-bond donors (Lipinski definition) is 1. The van der Waals surface area contributed by atoms with E-state index in [0.717, 1.165) is 44.8 Å². The maximum absolute atomic E-state index is 12.8. The van der Waals surface area contributed by atoms with Gasteiger partial charge in [-0.25, -0.2) is 0 Å². The number of allylic oxidation sites excluding steroid dienone is 2. The Bertz CT molecular complexity index is 759. The molecule has 1 spiro atoms. The number of rotatable bonds is 3. The first-order valence-electron chi connectivity index (χ1n) is 10.1. The summed E-state index contributed by atoms with van der Waals surface area (Å²) in [4.78, 5) is 25.0. The van der Waals surface area contributed by atoms with E-state index in [9.17, 15) is 14.7 Å². The lowest BCUT2D eigenvalue weighted by Gasteiger charge is -2.60. The van der Waals surface area contributed by atoms with Gasteiger partial charge in [-0.1, -0.05) is 27.2 Å². The van der Waals surface area contributed by atoms with Crippen molar-refractivity contribution in [1.29, 1.82) is 0 Å². The topological polar surface area (TPSA) is 76.1 Å². The number of carbonyl (C=O) groups is 2. The first-order chi connectivity index (χ1) is 12.7. The third-order valence-electron chi connectivity index (χ3n) is 8.45. The zero-order chi connectivity index (χ0) is 19.6. The van der Waals surface area contributed by atoms with Gasteiger partial charge in [-0.05, 0) is 49.4 Å². The van der Waals surface area contributed by atoms with Crippen LogP contribution in [-0.4, -0.2) is 36.0 Å². The lowest BCUT2D eigenvalue weighted by Crippen LogP contribution is -2.57. The zero-order valence-corrected chi connectivity index (χ0v) is 16.8. The van der Waals surface area contributed by atoms with Gasteiger partial charge >= 0.3 is 0 Å². The normalized spacial score (nSPS) is 44.2. The molecule has 0 unspecified atom stereocenters. The summed E-state index contributed by atoms with van der Waals surface area (Å²) in [6.07, 6.45) is 7.04. The summed E-state index contributed by atoms with van der Waals surface area (Å²) in [6.45, 7) is 7.68. The van der Waals surface area contributed by atoms with Gasteiger partial charge in [0.1, 0.15) is 0 Å². The van der Waals surface area contributed by atoms with Crippen LogP contribution in [0.1, 0.15) is 59.3 Å². The molecule has 2 saturated carbocycles. The molecule has 148 valence electrons. The number of aliphatic hydroxyl groups excluding tert-OH is 1. The predicted octanol–water partition coefficient (Wildman–Crippen LogP) is 3.88. The maximum atomic E-state index is 12.8. The molecule has 0 aromatic rings. The van der Waals surface area contributed by atoms with E-state index in [1.807, 2.05) is 0 Å². The van der Waals surface area contributed by atoms with Crippen LogP contribution in [-0.2, 0) is 19.1 Å². The molecule has 4 aliphatic rings. The van der Waals surface area contributed by atoms with E-state index in [-0.39, 0.29) is 33.5 Å². The lowest BCUT2D eigenvalue weighted by molar-refractivity contribution is -0.126. The molecule has 3 fully saturated rings. The Kier molecular flexibility index (Phi) is 4.12. The molecule has 3 aliphatic carbocycles. The lowest BCUT2D eigenvalue weighted by atomic mass is 9.44. The van der Waals surface area contributed by atoms with Gasteiger partial charge in [0.25, 0.3) is 0 Å². The molecule has 1 heterocycles. The molecule has 0 bridgehead atoms. The Balaban J connectivity index is 1.72. The van der Waals surface area contributed by atoms with Crippen LogP contribution in [0.25, 0.3) is 0 Å². The summed E-state index contributed by atoms with van der Waals surface area (Å²) in [5.74, 6) is -0.497. The maximum Gasteiger partial charge on any atom is 0.227 e. The summed E-state index contributed by atoms with van der Waals surface area (Å²) in [5.41, 5.74) is 0.124. The van der Waals surface area contributed by atoms with E-state index in [4.69, 9.17) is 9.47 Å². The van der Waals surface area contributed by atoms with Gasteiger partial charge in [-0.3, -0.25) is 9.59 Å². The van der Waals surface area contributed by atoms with Crippen LogP contribution in [0.5, 0.6) is 0 Å². The SMILES string of the molecule is COC1=CC(=O)C(O)=C(C[C@]2(C)[C@@H](C)CC[C@@]3(C)[C@H]2CCC[C@]32CO2)C1=O. The van der Waals surface area contributed by atoms with Gasteiger partial charge < -0.3 is 14.6 Å². The average Bonchev–Trinajstić information content (AvgIpc) is 3.42. The van der Waals surface area contributed by atoms with E-state index in [0.29, 0.717) is 18.3 Å². The molecule has 4 rings (SSSR count). The largest absolute Gasteiger partial charge is 0.504 e. The van der Waals surface area contributed by atoms with Crippen molar-refractivity contribution in [3.05, 3.63) is 23.2 Å². The van der Waals surface area contributed by atoms with Gasteiger partial charge in [0, 0.05) is 17.1 Å². The number of carbonyl (C=O) groups excluding carboxylic acids is 2. The third kappa shape index (κ3) is 2.47. The minimum atomic E-state index is -0.540. The molecule has 0 amide bonds. The number of ketones is 2. The number of aliphatic hydroxyl groups is 1. The average molecular weight is 374 g/mol. The first-order valence-corrected chi connectivity index (χ1v) is 10.1. The van der Waals surface area contributed by atoms with Crippen LogP contribution in [0.15, 0.2) is 23.2 Å². The molecule has 0 aromatic heterocycles. The predicted molar refractivity (Wildman–Crippen MR) is 100 cm³/mol. The molecular weight excluding hydrogens is 344 g/mol. The highest BCUT2D eigenvalue weighted by molar-refractivity contribution is 6.20. The Morgan fingerprint density at radius 1 is 1.26 bits per heavy atom. The van der Waals surface area contributed by atoms with Gasteiger partial charge in [0.05, 0.1) is 19.3 Å². The minimum absolute atomic E-state index is 0.00225. The zero-order valence-electron chi connectivity index (χ0n) is 16.8. The van der Waals surface area contributed by atoms with Crippen LogP contribution in [0, 0.1) is 22.7 Å². The highest BCUT2D eigenvalue weighted by Crippen LogP contribution is 2.68. The van der Waals surface area contributed by atoms with Gasteiger partial charge in [-0.2, -0.15) is 0 Å². The quantitative estimate of drug-likeness (QED) is 0.599. The third-order valence-corrected chi connectivity index (χ3v) is 8.45. The Hall–Kier alpha value is -1.62. The van der Waals surface area contributed by atoms with Crippen LogP contribution < -0.4 is 0 Å². The van der Waals surface area contributed by atoms with Crippen molar-refractivity contribution in [2.75, 3.05) is 13.7 Å². The molecular formula is C22H30O5. The second-order valence-electron chi connectivity index (χ2n) is 9.50. The monoisotopic (exact) mass is 374 g/mol. The van der Waals surface area contributed by atoms with Crippen molar-refractivity contribution in [2.24, 2.45) is 22.7 Å². The Morgan fingerprint density at radius 3 is 2.59 bits per heavy atom. The van der Waals surface area contributed by atoms with E-state index in [2.05, 4.69) is 20.8 Å². The number of Topliss-reactive ketones (excluding diaryl/α,β-unsaturated/α-hetero) is 1. The molecule has 5 heteroatoms. The van der Waals surface area contributed by atoms with Crippen molar-refractivity contribution in [2.45, 2.75) is 64.9 Å². The number of fused-ring (bicyclic) bond motifs is 2. The summed E-state index contributed by atoms with van der Waals surface area (Å²) < 4.78 is 11.1. The van der Waals surface area contributed by atoms with E-state index < -0.39 is 11.5 Å². The Morgan fingerprint density at radius 2 is 1.96 bits per heavy atom. The van der Waals surface area contributed by atoms with Crippen LogP contribution in [0.2, 0.25) is 0 Å². The molecule has 27 heavy (non-hydrogen) atoms. The summed E-state index contributed by atoms with van der Waals surface area (Å²) in [5, 5.41) is 10.4. The van der Waals surface area contributed by atoms with E-state index in [1.54, 1.807) is 0 Å². The second kappa shape index (κ2) is 5.94. The highest BCUT2D eigenvalue weighted by Gasteiger charge is 2.68. The summed E-state index contributed by atoms with van der Waals surface area (Å²) >= 11 is 0. The van der Waals surface area contributed by atoms with Gasteiger partial charge in [0.15, 0.2) is 11.5 Å². The van der Waals surface area contributed by atoms with Crippen LogP contribution in [0.3, 0.4) is 0 Å². The number of epoxide rings is 1. The van der Waals surface area contributed by atoms with E-state index in [1.165, 1.54) is 7.11 Å². The molecule has 5 atom stereocenters. The summed E-state index contributed by atoms with van der Waals surface area (Å²) in [6, 6.07) is 0. The van der Waals surface area contributed by atoms with Gasteiger partial charge in [-0.15, -0.1) is 0 Å². The number of ether oxygens (including phenoxy) is 2. The molecule has 1 saturated heterocycles. The van der Waals surface area contributed by atoms with Crippen molar-refractivity contribution in [3.63, 3.8) is 0 Å². The molecule has 0 aromatic carbocycles. The van der Waals surface area contributed by atoms with Crippen LogP contribution >= 0.6 is 0 Å². The number of hydrogen-bond acceptors (Lipinski definition) is 5. The second-order valence-corrected chi connectivity index (χ2v) is 9.50. The van der Waals surface area contributed by atoms with Crippen molar-refractivity contribution >= 4 is 11.6 Å². The van der Waals surface area contributed by atoms with Crippen molar-refractivity contribution in [3.8, 4) is 0 Å². The number of methoxy groups -OCH3 is 1. The van der Waals surface area contributed by atoms with Crippen molar-refractivity contribution < 1.29 is 24.2 Å². The smallest absolute Gasteiger partial charge is 0.227 e. The molecule has 0 radical (unpaired) electrons. The standard InChI is InChI=1S/C22H30O5/c1-13-7-9-21(3)17(6-5-8-22(21)12-27-22)20(13,2)11-14-18(24)15(23)10-16(26-4)19(14)25/h10,13,17,24H,5-9,11-12H2,1-4H3/t13-,17-,20+,21-,22-/m0/s1. The molecule has 1 N–H and O–H groups in total. The van der Waals surface area contributed by atoms with E-state index >= 15 is 0 Å². The molecule has 5 nitrogen and oxygen atoms in total. The van der Waals surface area contributed by atoms with Crippen molar-refractivity contribution in [1.82, 2.24) is 0 Å². The molecule has 1 aliphatic heterocycles. The fraction of sp³-hybridized carbons (Fsp3) is 0.727. The van der Waals surface area contributed by atoms with Gasteiger partial charge in [0.2, 0.25) is 11.6 Å². The van der Waals surface area contributed by atoms with Crippen LogP contribution in [0.4, 0.5) is 0 Å². The Labute approximate surface area is 160 Å². The fourth-order valence-corrected chi connectivity index (χ4v) is 6.38. The fourth-order valence-electron chi connectivity index (χ4n) is 6.38. The summed E-state index contributed by atoms with van der Waals surface area (Å²) in [7, 11) is 1.38. The first kappa shape index (κ1) is 18.7.